The second kappa shape index (κ2) is 9.94. The second-order valence-corrected chi connectivity index (χ2v) is 4.92. The molecule has 0 fully saturated rings. The lowest BCUT2D eigenvalue weighted by Gasteiger charge is -2.26. The topological polar surface area (TPSA) is 130 Å². The zero-order valence-corrected chi connectivity index (χ0v) is 12.7. The Morgan fingerprint density at radius 3 is 2.35 bits per heavy atom. The minimum atomic E-state index is -1.01. The van der Waals surface area contributed by atoms with Crippen LogP contribution < -0.4 is 0 Å². The fraction of sp³-hybridized carbons (Fsp3) is 0.533. The molecular formula is C15H18N6O2. The summed E-state index contributed by atoms with van der Waals surface area (Å²) in [6.07, 6.45) is 4.23. The summed E-state index contributed by atoms with van der Waals surface area (Å²) in [5, 5.41) is 35.4. The van der Waals surface area contributed by atoms with Crippen LogP contribution in [0.2, 0.25) is 0 Å². The Balaban J connectivity index is 2.80. The van der Waals surface area contributed by atoms with Gasteiger partial charge in [0.25, 0.3) is 0 Å². The molecule has 0 saturated heterocycles. The Kier molecular flexibility index (Phi) is 7.85. The summed E-state index contributed by atoms with van der Waals surface area (Å²) in [7, 11) is 0. The number of aliphatic carboxylic acids is 1. The van der Waals surface area contributed by atoms with Gasteiger partial charge in [0.2, 0.25) is 0 Å². The molecule has 0 unspecified atom stereocenters. The summed E-state index contributed by atoms with van der Waals surface area (Å²) in [5.41, 5.74) is 0.606. The van der Waals surface area contributed by atoms with Crippen molar-refractivity contribution in [2.75, 3.05) is 13.1 Å². The highest BCUT2D eigenvalue weighted by Crippen LogP contribution is 2.10. The molecule has 8 nitrogen and oxygen atoms in total. The molecule has 0 saturated carbocycles. The van der Waals surface area contributed by atoms with E-state index in [2.05, 4.69) is 4.98 Å². The number of nitrogens with zero attached hydrogens (tertiary/aromatic N) is 6. The Hall–Kier alpha value is -2.89. The maximum Gasteiger partial charge on any atom is 0.321 e. The van der Waals surface area contributed by atoms with Gasteiger partial charge in [0.05, 0.1) is 36.6 Å². The zero-order valence-electron chi connectivity index (χ0n) is 12.7. The standard InChI is InChI=1S/C15H18N6O2/c16-4-1-7-20-11-13(19-12-20)10-14(15(22)23)21(8-2-5-17)9-3-6-18/h11-12,14H,1-3,7-10H2,(H,22,23)/t14-/m0/s1. The van der Waals surface area contributed by atoms with Crippen molar-refractivity contribution in [3.8, 4) is 18.2 Å². The number of rotatable bonds is 10. The number of hydrogen-bond donors (Lipinski definition) is 1. The van der Waals surface area contributed by atoms with Crippen LogP contribution in [0.25, 0.3) is 0 Å². The minimum Gasteiger partial charge on any atom is -0.480 e. The third-order valence-corrected chi connectivity index (χ3v) is 3.32. The fourth-order valence-electron chi connectivity index (χ4n) is 2.19. The lowest BCUT2D eigenvalue weighted by molar-refractivity contribution is -0.143. The molecule has 0 spiro atoms. The molecule has 23 heavy (non-hydrogen) atoms. The Bertz CT molecular complexity index is 616. The van der Waals surface area contributed by atoms with E-state index in [4.69, 9.17) is 15.8 Å². The van der Waals surface area contributed by atoms with Crippen molar-refractivity contribution < 1.29 is 9.90 Å². The molecular weight excluding hydrogens is 296 g/mol. The maximum atomic E-state index is 11.6. The molecule has 1 N–H and O–H groups in total. The van der Waals surface area contributed by atoms with Crippen LogP contribution >= 0.6 is 0 Å². The number of aryl methyl sites for hydroxylation is 1. The van der Waals surface area contributed by atoms with Crippen LogP contribution in [0.3, 0.4) is 0 Å². The predicted octanol–water partition coefficient (Wildman–Crippen LogP) is 0.922. The lowest BCUT2D eigenvalue weighted by Crippen LogP contribution is -2.43. The van der Waals surface area contributed by atoms with Crippen LogP contribution in [0.15, 0.2) is 12.5 Å². The summed E-state index contributed by atoms with van der Waals surface area (Å²) >= 11 is 0. The van der Waals surface area contributed by atoms with Crippen LogP contribution in [0.4, 0.5) is 0 Å². The Labute approximate surface area is 134 Å². The minimum absolute atomic E-state index is 0.186. The summed E-state index contributed by atoms with van der Waals surface area (Å²) in [4.78, 5) is 17.4. The van der Waals surface area contributed by atoms with Crippen molar-refractivity contribution in [2.45, 2.75) is 38.3 Å². The van der Waals surface area contributed by atoms with Crippen molar-refractivity contribution in [3.05, 3.63) is 18.2 Å². The summed E-state index contributed by atoms with van der Waals surface area (Å²) in [6.45, 7) is 1.10. The number of carbonyl (C=O) groups is 1. The molecule has 0 bridgehead atoms. The fourth-order valence-corrected chi connectivity index (χ4v) is 2.19. The summed E-state index contributed by atoms with van der Waals surface area (Å²) in [6, 6.07) is 5.18. The number of carboxylic acid groups (broad SMARTS) is 1. The first-order valence-electron chi connectivity index (χ1n) is 7.20. The number of hydrogen-bond acceptors (Lipinski definition) is 6. The van der Waals surface area contributed by atoms with Crippen molar-refractivity contribution in [3.63, 3.8) is 0 Å². The lowest BCUT2D eigenvalue weighted by atomic mass is 10.1. The summed E-state index contributed by atoms with van der Waals surface area (Å²) < 4.78 is 1.74. The van der Waals surface area contributed by atoms with Crippen LogP contribution in [0.5, 0.6) is 0 Å². The third-order valence-electron chi connectivity index (χ3n) is 3.32. The number of nitriles is 3. The van der Waals surface area contributed by atoms with E-state index >= 15 is 0 Å². The Morgan fingerprint density at radius 1 is 1.22 bits per heavy atom. The van der Waals surface area contributed by atoms with Crippen LogP contribution in [-0.2, 0) is 17.8 Å². The van der Waals surface area contributed by atoms with Gasteiger partial charge in [-0.05, 0) is 0 Å². The highest BCUT2D eigenvalue weighted by molar-refractivity contribution is 5.73. The van der Waals surface area contributed by atoms with E-state index < -0.39 is 12.0 Å². The van der Waals surface area contributed by atoms with E-state index in [0.29, 0.717) is 31.7 Å². The molecule has 0 aliphatic rings. The quantitative estimate of drug-likeness (QED) is 0.679. The smallest absolute Gasteiger partial charge is 0.321 e. The van der Waals surface area contributed by atoms with Crippen molar-refractivity contribution in [1.29, 1.82) is 15.8 Å². The van der Waals surface area contributed by atoms with Gasteiger partial charge in [0, 0.05) is 45.1 Å². The molecule has 0 aromatic carbocycles. The first-order valence-corrected chi connectivity index (χ1v) is 7.20. The van der Waals surface area contributed by atoms with Gasteiger partial charge in [0.15, 0.2) is 0 Å². The van der Waals surface area contributed by atoms with E-state index in [1.807, 2.05) is 18.2 Å². The van der Waals surface area contributed by atoms with Gasteiger partial charge in [-0.2, -0.15) is 15.8 Å². The highest BCUT2D eigenvalue weighted by Gasteiger charge is 2.26. The average Bonchev–Trinajstić information content (AvgIpc) is 2.98. The molecule has 1 aromatic heterocycles. The van der Waals surface area contributed by atoms with Crippen molar-refractivity contribution >= 4 is 5.97 Å². The van der Waals surface area contributed by atoms with Gasteiger partial charge in [-0.15, -0.1) is 0 Å². The predicted molar refractivity (Wildman–Crippen MR) is 79.6 cm³/mol. The average molecular weight is 314 g/mol. The molecule has 8 heteroatoms. The van der Waals surface area contributed by atoms with E-state index in [-0.39, 0.29) is 19.3 Å². The number of aromatic nitrogens is 2. The number of carboxylic acids is 1. The normalized spacial score (nSPS) is 11.4. The molecule has 0 aliphatic carbocycles. The largest absolute Gasteiger partial charge is 0.480 e. The van der Waals surface area contributed by atoms with Crippen LogP contribution in [-0.4, -0.2) is 44.7 Å². The van der Waals surface area contributed by atoms with E-state index in [1.165, 1.54) is 0 Å². The van der Waals surface area contributed by atoms with E-state index in [9.17, 15) is 9.90 Å². The van der Waals surface area contributed by atoms with Gasteiger partial charge in [0.1, 0.15) is 6.04 Å². The molecule has 1 heterocycles. The van der Waals surface area contributed by atoms with E-state index in [1.54, 1.807) is 22.0 Å². The molecule has 0 aliphatic heterocycles. The van der Waals surface area contributed by atoms with Gasteiger partial charge in [-0.3, -0.25) is 9.69 Å². The first-order chi connectivity index (χ1) is 11.1. The van der Waals surface area contributed by atoms with Crippen LogP contribution in [0, 0.1) is 34.0 Å². The Morgan fingerprint density at radius 2 is 1.83 bits per heavy atom. The van der Waals surface area contributed by atoms with Gasteiger partial charge in [-0.1, -0.05) is 0 Å². The molecule has 0 amide bonds. The SMILES string of the molecule is N#CCCN(CCC#N)[C@@H](Cc1cn(CCC#N)cn1)C(=O)O. The molecule has 120 valence electrons. The summed E-state index contributed by atoms with van der Waals surface area (Å²) in [5.74, 6) is -1.01. The zero-order chi connectivity index (χ0) is 17.1. The monoisotopic (exact) mass is 314 g/mol. The molecule has 0 radical (unpaired) electrons. The van der Waals surface area contributed by atoms with Gasteiger partial charge in [-0.25, -0.2) is 4.98 Å². The second-order valence-electron chi connectivity index (χ2n) is 4.92. The van der Waals surface area contributed by atoms with Gasteiger partial charge < -0.3 is 9.67 Å². The number of imidazole rings is 1. The first kappa shape index (κ1) is 18.2. The van der Waals surface area contributed by atoms with Crippen LogP contribution in [0.1, 0.15) is 25.0 Å². The third kappa shape index (κ3) is 6.17. The van der Waals surface area contributed by atoms with E-state index in [0.717, 1.165) is 0 Å². The van der Waals surface area contributed by atoms with Crippen molar-refractivity contribution in [1.82, 2.24) is 14.5 Å². The molecule has 1 rings (SSSR count). The van der Waals surface area contributed by atoms with Crippen molar-refractivity contribution in [2.24, 2.45) is 0 Å². The van der Waals surface area contributed by atoms with Gasteiger partial charge >= 0.3 is 5.97 Å². The molecule has 1 atom stereocenters. The molecule has 1 aromatic rings. The maximum absolute atomic E-state index is 11.6. The highest BCUT2D eigenvalue weighted by atomic mass is 16.4.